The summed E-state index contributed by atoms with van der Waals surface area (Å²) in [6, 6.07) is 11.8. The van der Waals surface area contributed by atoms with E-state index in [9.17, 15) is 9.59 Å². The number of nitrogens with one attached hydrogen (secondary N) is 1. The Balaban J connectivity index is 2.21. The Labute approximate surface area is 141 Å². The van der Waals surface area contributed by atoms with Crippen molar-refractivity contribution in [1.82, 2.24) is 9.55 Å². The minimum absolute atomic E-state index is 0.400. The number of carbonyl (C=O) groups is 1. The highest BCUT2D eigenvalue weighted by molar-refractivity contribution is 6.31. The van der Waals surface area contributed by atoms with Crippen LogP contribution in [0.3, 0.4) is 0 Å². The number of carbonyl (C=O) groups excluding carboxylic acids is 1. The van der Waals surface area contributed by atoms with Gasteiger partial charge in [0.2, 0.25) is 6.23 Å². The first-order valence-corrected chi connectivity index (χ1v) is 7.54. The van der Waals surface area contributed by atoms with Gasteiger partial charge in [0, 0.05) is 22.5 Å². The number of benzene rings is 2. The Morgan fingerprint density at radius 3 is 2.43 bits per heavy atom. The molecule has 0 aliphatic carbocycles. The fourth-order valence-electron chi connectivity index (χ4n) is 2.39. The van der Waals surface area contributed by atoms with Gasteiger partial charge in [-0.05, 0) is 30.3 Å². The van der Waals surface area contributed by atoms with E-state index in [4.69, 9.17) is 27.9 Å². The number of hydrogen-bond donors (Lipinski definition) is 1. The van der Waals surface area contributed by atoms with Gasteiger partial charge in [-0.25, -0.2) is 4.79 Å². The molecule has 1 N–H and O–H groups in total. The Bertz CT molecular complexity index is 929. The van der Waals surface area contributed by atoms with Gasteiger partial charge in [0.25, 0.3) is 0 Å². The first-order chi connectivity index (χ1) is 11.0. The van der Waals surface area contributed by atoms with Crippen LogP contribution in [0.15, 0.2) is 47.3 Å². The molecule has 0 aliphatic rings. The van der Waals surface area contributed by atoms with E-state index in [1.165, 1.54) is 11.5 Å². The van der Waals surface area contributed by atoms with Crippen LogP contribution in [0.1, 0.15) is 18.7 Å². The van der Waals surface area contributed by atoms with E-state index in [1.54, 1.807) is 42.5 Å². The summed E-state index contributed by atoms with van der Waals surface area (Å²) >= 11 is 11.8. The average molecular weight is 351 g/mol. The summed E-state index contributed by atoms with van der Waals surface area (Å²) in [6.45, 7) is 1.29. The van der Waals surface area contributed by atoms with E-state index in [0.29, 0.717) is 26.6 Å². The lowest BCUT2D eigenvalue weighted by Gasteiger charge is -2.19. The number of halogens is 2. The highest BCUT2D eigenvalue weighted by atomic mass is 35.5. The zero-order valence-corrected chi connectivity index (χ0v) is 13.6. The van der Waals surface area contributed by atoms with Gasteiger partial charge >= 0.3 is 11.7 Å². The van der Waals surface area contributed by atoms with Crippen molar-refractivity contribution in [3.05, 3.63) is 68.6 Å². The lowest BCUT2D eigenvalue weighted by molar-refractivity contribution is -0.148. The molecule has 0 radical (unpaired) electrons. The SMILES string of the molecule is CC(=O)OC(c1ccc(Cl)cc1)n1c(=O)[nH]c2cc(Cl)ccc21. The first-order valence-electron chi connectivity index (χ1n) is 6.78. The van der Waals surface area contributed by atoms with Gasteiger partial charge in [-0.2, -0.15) is 0 Å². The Morgan fingerprint density at radius 2 is 1.78 bits per heavy atom. The van der Waals surface area contributed by atoms with E-state index in [1.807, 2.05) is 0 Å². The van der Waals surface area contributed by atoms with Crippen LogP contribution in [0.4, 0.5) is 0 Å². The number of fused-ring (bicyclic) bond motifs is 1. The van der Waals surface area contributed by atoms with Gasteiger partial charge in [-0.3, -0.25) is 9.36 Å². The predicted molar refractivity (Wildman–Crippen MR) is 88.9 cm³/mol. The molecule has 5 nitrogen and oxygen atoms in total. The maximum absolute atomic E-state index is 12.4. The molecule has 0 saturated heterocycles. The molecule has 23 heavy (non-hydrogen) atoms. The lowest BCUT2D eigenvalue weighted by atomic mass is 10.2. The quantitative estimate of drug-likeness (QED) is 0.731. The van der Waals surface area contributed by atoms with Crippen molar-refractivity contribution >= 4 is 40.2 Å². The minimum atomic E-state index is -0.896. The molecule has 1 aromatic heterocycles. The summed E-state index contributed by atoms with van der Waals surface area (Å²) < 4.78 is 6.74. The van der Waals surface area contributed by atoms with Gasteiger partial charge in [-0.1, -0.05) is 35.3 Å². The molecule has 3 aromatic rings. The van der Waals surface area contributed by atoms with Crippen LogP contribution in [0, 0.1) is 0 Å². The van der Waals surface area contributed by atoms with Crippen LogP contribution >= 0.6 is 23.2 Å². The Morgan fingerprint density at radius 1 is 1.13 bits per heavy atom. The first kappa shape index (κ1) is 15.6. The fraction of sp³-hybridized carbons (Fsp3) is 0.125. The Kier molecular flexibility index (Phi) is 4.15. The monoisotopic (exact) mass is 350 g/mol. The molecule has 118 valence electrons. The smallest absolute Gasteiger partial charge is 0.329 e. The van der Waals surface area contributed by atoms with Crippen LogP contribution in [0.5, 0.6) is 0 Å². The van der Waals surface area contributed by atoms with Crippen molar-refractivity contribution in [3.63, 3.8) is 0 Å². The number of nitrogens with zero attached hydrogens (tertiary/aromatic N) is 1. The number of ether oxygens (including phenoxy) is 1. The molecule has 0 saturated carbocycles. The number of H-pyrrole nitrogens is 1. The molecule has 0 fully saturated rings. The van der Waals surface area contributed by atoms with Gasteiger partial charge < -0.3 is 9.72 Å². The second-order valence-electron chi connectivity index (χ2n) is 4.97. The predicted octanol–water partition coefficient (Wildman–Crippen LogP) is 3.75. The van der Waals surface area contributed by atoms with Gasteiger partial charge in [-0.15, -0.1) is 0 Å². The van der Waals surface area contributed by atoms with E-state index < -0.39 is 17.9 Å². The average Bonchev–Trinajstić information content (AvgIpc) is 2.80. The summed E-state index contributed by atoms with van der Waals surface area (Å²) in [5, 5.41) is 1.05. The van der Waals surface area contributed by atoms with Crippen LogP contribution in [-0.4, -0.2) is 15.5 Å². The van der Waals surface area contributed by atoms with Crippen molar-refractivity contribution in [1.29, 1.82) is 0 Å². The summed E-state index contributed by atoms with van der Waals surface area (Å²) in [6.07, 6.45) is -0.896. The third kappa shape index (κ3) is 3.11. The number of aromatic nitrogens is 2. The maximum Gasteiger partial charge on any atom is 0.329 e. The Hall–Kier alpha value is -2.24. The van der Waals surface area contributed by atoms with Gasteiger partial charge in [0.15, 0.2) is 0 Å². The molecule has 3 rings (SSSR count). The van der Waals surface area contributed by atoms with E-state index >= 15 is 0 Å². The normalized spacial score (nSPS) is 12.3. The topological polar surface area (TPSA) is 64.1 Å². The van der Waals surface area contributed by atoms with E-state index in [-0.39, 0.29) is 0 Å². The minimum Gasteiger partial charge on any atom is -0.437 e. The van der Waals surface area contributed by atoms with Gasteiger partial charge in [0.05, 0.1) is 11.0 Å². The summed E-state index contributed by atoms with van der Waals surface area (Å²) in [5.41, 5.74) is 1.38. The lowest BCUT2D eigenvalue weighted by Crippen LogP contribution is -2.26. The number of aromatic amines is 1. The van der Waals surface area contributed by atoms with Gasteiger partial charge in [0.1, 0.15) is 0 Å². The highest BCUT2D eigenvalue weighted by Gasteiger charge is 2.22. The fourth-order valence-corrected chi connectivity index (χ4v) is 2.69. The molecular formula is C16H12Cl2N2O3. The summed E-state index contributed by atoms with van der Waals surface area (Å²) in [7, 11) is 0. The van der Waals surface area contributed by atoms with Crippen molar-refractivity contribution in [2.24, 2.45) is 0 Å². The molecule has 1 atom stereocenters. The van der Waals surface area contributed by atoms with Crippen molar-refractivity contribution < 1.29 is 9.53 Å². The van der Waals surface area contributed by atoms with Crippen LogP contribution < -0.4 is 5.69 Å². The molecule has 0 spiro atoms. The number of esters is 1. The second kappa shape index (κ2) is 6.10. The number of imidazole rings is 1. The molecule has 0 amide bonds. The zero-order chi connectivity index (χ0) is 16.6. The van der Waals surface area contributed by atoms with Crippen molar-refractivity contribution in [2.75, 3.05) is 0 Å². The summed E-state index contributed by atoms with van der Waals surface area (Å²) in [4.78, 5) is 26.6. The molecule has 0 bridgehead atoms. The zero-order valence-electron chi connectivity index (χ0n) is 12.0. The standard InChI is InChI=1S/C16H12Cl2N2O3/c1-9(21)23-15(10-2-4-11(17)5-3-10)20-14-7-6-12(18)8-13(14)19-16(20)22/h2-8,15H,1H3,(H,19,22). The molecule has 1 unspecified atom stereocenters. The number of hydrogen-bond acceptors (Lipinski definition) is 3. The molecular weight excluding hydrogens is 339 g/mol. The third-order valence-corrected chi connectivity index (χ3v) is 3.83. The van der Waals surface area contributed by atoms with E-state index in [0.717, 1.165) is 0 Å². The van der Waals surface area contributed by atoms with Crippen LogP contribution in [0.25, 0.3) is 11.0 Å². The maximum atomic E-state index is 12.4. The van der Waals surface area contributed by atoms with Crippen LogP contribution in [0.2, 0.25) is 10.0 Å². The molecule has 7 heteroatoms. The van der Waals surface area contributed by atoms with Crippen LogP contribution in [-0.2, 0) is 9.53 Å². The second-order valence-corrected chi connectivity index (χ2v) is 5.85. The highest BCUT2D eigenvalue weighted by Crippen LogP contribution is 2.25. The van der Waals surface area contributed by atoms with Crippen molar-refractivity contribution in [2.45, 2.75) is 13.2 Å². The molecule has 2 aromatic carbocycles. The third-order valence-electron chi connectivity index (χ3n) is 3.35. The van der Waals surface area contributed by atoms with E-state index in [2.05, 4.69) is 4.98 Å². The molecule has 1 heterocycles. The summed E-state index contributed by atoms with van der Waals surface area (Å²) in [5.74, 6) is -0.500. The van der Waals surface area contributed by atoms with Crippen molar-refractivity contribution in [3.8, 4) is 0 Å². The number of rotatable bonds is 3. The molecule has 0 aliphatic heterocycles. The largest absolute Gasteiger partial charge is 0.437 e.